The quantitative estimate of drug-likeness (QED) is 0.373. The average molecular weight is 314 g/mol. The molecule has 0 saturated carbocycles. The van der Waals surface area contributed by atoms with Crippen molar-refractivity contribution < 1.29 is 0 Å². The van der Waals surface area contributed by atoms with Crippen molar-refractivity contribution in [3.63, 3.8) is 0 Å². The molecular formula is C20H18N4. The SMILES string of the molecule is N=NCC(=Nc1ccccc1)N(c1ccccc1)c1ccccc1. The third-order valence-electron chi connectivity index (χ3n) is 3.52. The average Bonchev–Trinajstić information content (AvgIpc) is 2.65. The lowest BCUT2D eigenvalue weighted by molar-refractivity contribution is 1.01. The van der Waals surface area contributed by atoms with Gasteiger partial charge in [-0.2, -0.15) is 5.11 Å². The maximum atomic E-state index is 7.33. The van der Waals surface area contributed by atoms with Gasteiger partial charge in [-0.3, -0.25) is 4.90 Å². The molecule has 1 N–H and O–H groups in total. The molecule has 4 heteroatoms. The third-order valence-corrected chi connectivity index (χ3v) is 3.52. The van der Waals surface area contributed by atoms with Crippen molar-refractivity contribution in [2.75, 3.05) is 11.4 Å². The number of anilines is 2. The second-order valence-electron chi connectivity index (χ2n) is 5.19. The molecule has 0 heterocycles. The molecule has 0 bridgehead atoms. The minimum atomic E-state index is 0.207. The number of nitrogens with zero attached hydrogens (tertiary/aromatic N) is 3. The molecule has 0 radical (unpaired) electrons. The Labute approximate surface area is 141 Å². The topological polar surface area (TPSA) is 51.8 Å². The van der Waals surface area contributed by atoms with Crippen LogP contribution in [0.5, 0.6) is 0 Å². The first kappa shape index (κ1) is 15.6. The standard InChI is InChI=1S/C20H18N4/c21-22-16-20(23-17-10-4-1-5-11-17)24(18-12-6-2-7-13-18)19-14-8-3-9-15-19/h1-15,21H,16H2. The zero-order valence-corrected chi connectivity index (χ0v) is 13.2. The van der Waals surface area contributed by atoms with Crippen molar-refractivity contribution in [3.05, 3.63) is 91.0 Å². The molecule has 0 aromatic heterocycles. The largest absolute Gasteiger partial charge is 0.297 e. The summed E-state index contributed by atoms with van der Waals surface area (Å²) < 4.78 is 0. The van der Waals surface area contributed by atoms with Gasteiger partial charge < -0.3 is 0 Å². The highest BCUT2D eigenvalue weighted by Gasteiger charge is 2.15. The first-order valence-corrected chi connectivity index (χ1v) is 7.74. The van der Waals surface area contributed by atoms with Crippen LogP contribution in [0.1, 0.15) is 0 Å². The molecule has 0 spiro atoms. The minimum absolute atomic E-state index is 0.207. The molecule has 0 fully saturated rings. The summed E-state index contributed by atoms with van der Waals surface area (Å²) in [5, 5.41) is 3.58. The first-order valence-electron chi connectivity index (χ1n) is 7.74. The van der Waals surface area contributed by atoms with Gasteiger partial charge in [0.1, 0.15) is 12.4 Å². The van der Waals surface area contributed by atoms with Crippen LogP contribution in [0.25, 0.3) is 0 Å². The second-order valence-corrected chi connectivity index (χ2v) is 5.19. The van der Waals surface area contributed by atoms with Crippen LogP contribution in [0.15, 0.2) is 101 Å². The van der Waals surface area contributed by atoms with Gasteiger partial charge in [0.2, 0.25) is 0 Å². The highest BCUT2D eigenvalue weighted by atomic mass is 15.2. The van der Waals surface area contributed by atoms with Gasteiger partial charge in [-0.15, -0.1) is 0 Å². The van der Waals surface area contributed by atoms with E-state index in [9.17, 15) is 0 Å². The van der Waals surface area contributed by atoms with Crippen LogP contribution >= 0.6 is 0 Å². The molecule has 0 unspecified atom stereocenters. The summed E-state index contributed by atoms with van der Waals surface area (Å²) in [7, 11) is 0. The van der Waals surface area contributed by atoms with E-state index in [0.29, 0.717) is 5.84 Å². The molecule has 3 aromatic rings. The summed E-state index contributed by atoms with van der Waals surface area (Å²) in [5.41, 5.74) is 10.2. The molecule has 0 aliphatic heterocycles. The fraction of sp³-hybridized carbons (Fsp3) is 0.0500. The smallest absolute Gasteiger partial charge is 0.137 e. The summed E-state index contributed by atoms with van der Waals surface area (Å²) >= 11 is 0. The maximum absolute atomic E-state index is 7.33. The number of rotatable bonds is 5. The Bertz CT molecular complexity index is 759. The molecule has 0 saturated heterocycles. The number of nitrogens with one attached hydrogen (secondary N) is 1. The van der Waals surface area contributed by atoms with E-state index >= 15 is 0 Å². The van der Waals surface area contributed by atoms with Gasteiger partial charge in [0.25, 0.3) is 0 Å². The Hall–Kier alpha value is -3.27. The Morgan fingerprint density at radius 2 is 1.17 bits per heavy atom. The van der Waals surface area contributed by atoms with Crippen LogP contribution in [0, 0.1) is 5.53 Å². The van der Waals surface area contributed by atoms with E-state index in [1.165, 1.54) is 0 Å². The fourth-order valence-corrected chi connectivity index (χ4v) is 2.48. The van der Waals surface area contributed by atoms with Crippen LogP contribution in [0.2, 0.25) is 0 Å². The van der Waals surface area contributed by atoms with E-state index in [2.05, 4.69) is 5.11 Å². The Kier molecular flexibility index (Phi) is 5.10. The lowest BCUT2D eigenvalue weighted by atomic mass is 10.2. The van der Waals surface area contributed by atoms with Crippen LogP contribution in [0.3, 0.4) is 0 Å². The first-order chi connectivity index (χ1) is 11.9. The van der Waals surface area contributed by atoms with E-state index in [-0.39, 0.29) is 6.54 Å². The van der Waals surface area contributed by atoms with Crippen molar-refractivity contribution in [2.45, 2.75) is 0 Å². The van der Waals surface area contributed by atoms with Gasteiger partial charge in [0, 0.05) is 11.4 Å². The molecule has 24 heavy (non-hydrogen) atoms. The molecule has 0 atom stereocenters. The van der Waals surface area contributed by atoms with E-state index in [0.717, 1.165) is 17.1 Å². The zero-order valence-electron chi connectivity index (χ0n) is 13.2. The van der Waals surface area contributed by atoms with Crippen LogP contribution in [-0.4, -0.2) is 12.4 Å². The Balaban J connectivity index is 2.11. The summed E-state index contributed by atoms with van der Waals surface area (Å²) in [6.07, 6.45) is 0. The van der Waals surface area contributed by atoms with Crippen molar-refractivity contribution in [3.8, 4) is 0 Å². The minimum Gasteiger partial charge on any atom is -0.297 e. The van der Waals surface area contributed by atoms with Crippen LogP contribution in [-0.2, 0) is 0 Å². The molecule has 3 aromatic carbocycles. The Morgan fingerprint density at radius 1 is 0.708 bits per heavy atom. The Morgan fingerprint density at radius 3 is 1.62 bits per heavy atom. The molecular weight excluding hydrogens is 296 g/mol. The number of benzene rings is 3. The third kappa shape index (κ3) is 3.73. The predicted molar refractivity (Wildman–Crippen MR) is 98.6 cm³/mol. The lowest BCUT2D eigenvalue weighted by Gasteiger charge is -2.25. The van der Waals surface area contributed by atoms with E-state index < -0.39 is 0 Å². The van der Waals surface area contributed by atoms with E-state index in [1.807, 2.05) is 95.9 Å². The van der Waals surface area contributed by atoms with Gasteiger partial charge in [-0.05, 0) is 36.4 Å². The fourth-order valence-electron chi connectivity index (χ4n) is 2.48. The highest BCUT2D eigenvalue weighted by molar-refractivity contribution is 6.06. The summed E-state index contributed by atoms with van der Waals surface area (Å²) in [4.78, 5) is 6.76. The van der Waals surface area contributed by atoms with Crippen LogP contribution in [0.4, 0.5) is 17.1 Å². The highest BCUT2D eigenvalue weighted by Crippen LogP contribution is 2.27. The number of para-hydroxylation sites is 3. The molecule has 0 amide bonds. The summed E-state index contributed by atoms with van der Waals surface area (Å²) in [6.45, 7) is 0.207. The van der Waals surface area contributed by atoms with Crippen LogP contribution < -0.4 is 4.90 Å². The van der Waals surface area contributed by atoms with E-state index in [1.54, 1.807) is 0 Å². The number of amidine groups is 1. The van der Waals surface area contributed by atoms with Crippen molar-refractivity contribution in [1.82, 2.24) is 0 Å². The van der Waals surface area contributed by atoms with Gasteiger partial charge in [-0.1, -0.05) is 54.6 Å². The molecule has 0 aliphatic carbocycles. The molecule has 3 rings (SSSR count). The van der Waals surface area contributed by atoms with Crippen molar-refractivity contribution >= 4 is 22.9 Å². The summed E-state index contributed by atoms with van der Waals surface area (Å²) in [6, 6.07) is 29.8. The van der Waals surface area contributed by atoms with Gasteiger partial charge in [0.05, 0.1) is 5.69 Å². The second kappa shape index (κ2) is 7.83. The van der Waals surface area contributed by atoms with Crippen molar-refractivity contribution in [1.29, 1.82) is 5.53 Å². The lowest BCUT2D eigenvalue weighted by Crippen LogP contribution is -2.28. The normalized spacial score (nSPS) is 11.1. The summed E-state index contributed by atoms with van der Waals surface area (Å²) in [5.74, 6) is 0.702. The molecule has 118 valence electrons. The van der Waals surface area contributed by atoms with Gasteiger partial charge in [0.15, 0.2) is 0 Å². The number of hydrogen-bond acceptors (Lipinski definition) is 3. The van der Waals surface area contributed by atoms with Gasteiger partial charge in [-0.25, -0.2) is 10.5 Å². The maximum Gasteiger partial charge on any atom is 0.137 e. The molecule has 4 nitrogen and oxygen atoms in total. The van der Waals surface area contributed by atoms with Gasteiger partial charge >= 0.3 is 0 Å². The zero-order chi connectivity index (χ0) is 16.6. The van der Waals surface area contributed by atoms with E-state index in [4.69, 9.17) is 10.5 Å². The number of hydrogen-bond donors (Lipinski definition) is 1. The molecule has 0 aliphatic rings. The number of aliphatic imine (C=N–C) groups is 1. The predicted octanol–water partition coefficient (Wildman–Crippen LogP) is 5.59. The monoisotopic (exact) mass is 314 g/mol. The van der Waals surface area contributed by atoms with Crippen molar-refractivity contribution in [2.24, 2.45) is 10.1 Å².